The zero-order valence-electron chi connectivity index (χ0n) is 22.7. The van der Waals surface area contributed by atoms with Crippen molar-refractivity contribution in [2.45, 2.75) is 65.2 Å². The molecular weight excluding hydrogens is 488 g/mol. The van der Waals surface area contributed by atoms with Crippen molar-refractivity contribution < 1.29 is 9.59 Å². The number of carbonyl (C=O) groups is 2. The van der Waals surface area contributed by atoms with Crippen molar-refractivity contribution in [1.82, 2.24) is 20.8 Å². The Morgan fingerprint density at radius 2 is 1.38 bits per heavy atom. The van der Waals surface area contributed by atoms with Crippen LogP contribution in [0.1, 0.15) is 85.9 Å². The molecule has 2 aromatic rings. The number of carbonyl (C=O) groups excluding carboxylic acids is 2. The van der Waals surface area contributed by atoms with Crippen LogP contribution in [-0.4, -0.2) is 33.2 Å². The van der Waals surface area contributed by atoms with Crippen molar-refractivity contribution in [3.8, 4) is 0 Å². The Bertz CT molecular complexity index is 1350. The fourth-order valence-corrected chi connectivity index (χ4v) is 8.01. The maximum Gasteiger partial charge on any atom is 0.271 e. The van der Waals surface area contributed by atoms with Crippen molar-refractivity contribution in [3.05, 3.63) is 71.8 Å². The van der Waals surface area contributed by atoms with Crippen LogP contribution < -0.4 is 10.9 Å². The van der Waals surface area contributed by atoms with E-state index < -0.39 is 0 Å². The molecule has 0 aliphatic heterocycles. The van der Waals surface area contributed by atoms with Gasteiger partial charge in [-0.25, -0.2) is 10.9 Å². The van der Waals surface area contributed by atoms with E-state index in [9.17, 15) is 9.59 Å². The number of rotatable bonds is 4. The van der Waals surface area contributed by atoms with E-state index in [0.29, 0.717) is 28.9 Å². The summed E-state index contributed by atoms with van der Waals surface area (Å²) in [6.07, 6.45) is 17.3. The summed E-state index contributed by atoms with van der Waals surface area (Å²) in [7, 11) is 0. The topological polar surface area (TPSA) is 109 Å². The third kappa shape index (κ3) is 4.60. The largest absolute Gasteiger partial charge is 0.271 e. The average Bonchev–Trinajstić information content (AvgIpc) is 3.31. The van der Waals surface area contributed by atoms with E-state index in [4.69, 9.17) is 5.10 Å². The maximum absolute atomic E-state index is 12.6. The Labute approximate surface area is 229 Å². The molecule has 8 heteroatoms. The molecule has 5 atom stereocenters. The Kier molecular flexibility index (Phi) is 6.65. The monoisotopic (exact) mass is 524 g/mol. The van der Waals surface area contributed by atoms with Gasteiger partial charge in [-0.1, -0.05) is 19.4 Å². The number of hydrogen-bond acceptors (Lipinski definition) is 6. The number of allylic oxidation sites excluding steroid dienone is 2. The molecule has 0 spiro atoms. The first kappa shape index (κ1) is 25.6. The first-order valence-electron chi connectivity index (χ1n) is 14.1. The van der Waals surface area contributed by atoms with Crippen LogP contribution in [-0.2, 0) is 0 Å². The highest BCUT2D eigenvalue weighted by atomic mass is 16.2. The molecule has 0 radical (unpaired) electrons. The predicted octanol–water partition coefficient (Wildman–Crippen LogP) is 5.31. The van der Waals surface area contributed by atoms with E-state index in [1.165, 1.54) is 18.4 Å². The van der Waals surface area contributed by atoms with Crippen molar-refractivity contribution in [2.24, 2.45) is 38.8 Å². The summed E-state index contributed by atoms with van der Waals surface area (Å²) >= 11 is 0. The zero-order valence-corrected chi connectivity index (χ0v) is 22.7. The lowest BCUT2D eigenvalue weighted by molar-refractivity contribution is -0.0155. The van der Waals surface area contributed by atoms with Crippen molar-refractivity contribution in [2.75, 3.05) is 0 Å². The number of pyridine rings is 2. The van der Waals surface area contributed by atoms with E-state index in [-0.39, 0.29) is 22.6 Å². The molecule has 2 aromatic heterocycles. The lowest BCUT2D eigenvalue weighted by Crippen LogP contribution is -2.50. The summed E-state index contributed by atoms with van der Waals surface area (Å²) in [5.74, 6) is 1.53. The van der Waals surface area contributed by atoms with Gasteiger partial charge in [0.15, 0.2) is 0 Å². The summed E-state index contributed by atoms with van der Waals surface area (Å²) < 4.78 is 0. The summed E-state index contributed by atoms with van der Waals surface area (Å²) in [5.41, 5.74) is 10.5. The summed E-state index contributed by atoms with van der Waals surface area (Å²) in [5, 5.41) is 9.17. The molecule has 0 unspecified atom stereocenters. The molecule has 4 aliphatic carbocycles. The third-order valence-electron chi connectivity index (χ3n) is 10.2. The molecule has 8 nitrogen and oxygen atoms in total. The Morgan fingerprint density at radius 3 is 2.05 bits per heavy atom. The number of aromatic nitrogens is 2. The normalized spacial score (nSPS) is 33.5. The first-order chi connectivity index (χ1) is 18.9. The second-order valence-electron chi connectivity index (χ2n) is 12.0. The minimum absolute atomic E-state index is 0.0444. The van der Waals surface area contributed by atoms with Crippen LogP contribution in [0.2, 0.25) is 0 Å². The number of nitrogens with zero attached hydrogens (tertiary/aromatic N) is 4. The summed E-state index contributed by atoms with van der Waals surface area (Å²) in [6.45, 7) is 4.84. The van der Waals surface area contributed by atoms with Crippen LogP contribution in [0.4, 0.5) is 0 Å². The maximum atomic E-state index is 12.6. The molecule has 2 N–H and O–H groups in total. The second-order valence-corrected chi connectivity index (χ2v) is 12.0. The fraction of sp³-hybridized carbons (Fsp3) is 0.484. The quantitative estimate of drug-likeness (QED) is 0.528. The Hall–Kier alpha value is -3.68. The lowest BCUT2D eigenvalue weighted by atomic mass is 9.47. The van der Waals surface area contributed by atoms with E-state index in [1.54, 1.807) is 49.1 Å². The summed E-state index contributed by atoms with van der Waals surface area (Å²) in [6, 6.07) is 6.81. The smallest absolute Gasteiger partial charge is 0.267 e. The van der Waals surface area contributed by atoms with Crippen LogP contribution in [0.25, 0.3) is 0 Å². The van der Waals surface area contributed by atoms with Gasteiger partial charge in [-0.05, 0) is 105 Å². The average molecular weight is 525 g/mol. The Morgan fingerprint density at radius 1 is 0.769 bits per heavy atom. The van der Waals surface area contributed by atoms with Gasteiger partial charge in [0.1, 0.15) is 0 Å². The molecule has 0 saturated heterocycles. The van der Waals surface area contributed by atoms with E-state index in [2.05, 4.69) is 45.8 Å². The van der Waals surface area contributed by atoms with Crippen molar-refractivity contribution in [1.29, 1.82) is 0 Å². The standard InChI is InChI=1S/C31H36N6O2/c1-30-13-7-23(34-36-28(38)20-9-15-32-16-10-20)19-22(30)3-4-24-25-5-6-27(31(25,2)14-8-26(24)30)35-37-29(39)21-11-17-33-18-12-21/h9-12,15-19,24-26H,3-8,13-14H2,1-2H3,(H,36,38)(H,37,39)/b34-23+,35-27+/t24-,25+,26+,30-,31-/m0/s1. The van der Waals surface area contributed by atoms with Gasteiger partial charge in [0.2, 0.25) is 0 Å². The molecule has 0 bridgehead atoms. The van der Waals surface area contributed by atoms with Gasteiger partial charge >= 0.3 is 0 Å². The van der Waals surface area contributed by atoms with Crippen LogP contribution in [0.5, 0.6) is 0 Å². The highest BCUT2D eigenvalue weighted by molar-refractivity contribution is 6.00. The number of hydrazone groups is 2. The molecule has 2 heterocycles. The number of amides is 2. The molecule has 4 aliphatic rings. The van der Waals surface area contributed by atoms with Crippen LogP contribution in [0.15, 0.2) is 70.9 Å². The highest BCUT2D eigenvalue weighted by Crippen LogP contribution is 2.64. The predicted molar refractivity (Wildman–Crippen MR) is 150 cm³/mol. The Balaban J connectivity index is 1.15. The first-order valence-corrected chi connectivity index (χ1v) is 14.1. The van der Waals surface area contributed by atoms with Gasteiger partial charge in [0, 0.05) is 47.0 Å². The molecule has 3 fully saturated rings. The van der Waals surface area contributed by atoms with Gasteiger partial charge < -0.3 is 0 Å². The lowest BCUT2D eigenvalue weighted by Gasteiger charge is -2.57. The van der Waals surface area contributed by atoms with Gasteiger partial charge in [-0.15, -0.1) is 0 Å². The highest BCUT2D eigenvalue weighted by Gasteiger charge is 2.58. The van der Waals surface area contributed by atoms with Gasteiger partial charge in [0.25, 0.3) is 11.8 Å². The zero-order chi connectivity index (χ0) is 27.0. The van der Waals surface area contributed by atoms with E-state index >= 15 is 0 Å². The molecule has 3 saturated carbocycles. The second kappa shape index (κ2) is 10.1. The minimum atomic E-state index is -0.206. The fourth-order valence-electron chi connectivity index (χ4n) is 8.01. The van der Waals surface area contributed by atoms with Gasteiger partial charge in [0.05, 0.1) is 5.71 Å². The molecule has 2 amide bonds. The number of fused-ring (bicyclic) bond motifs is 5. The van der Waals surface area contributed by atoms with Gasteiger partial charge in [-0.2, -0.15) is 10.2 Å². The van der Waals surface area contributed by atoms with Gasteiger partial charge in [-0.3, -0.25) is 19.6 Å². The SMILES string of the molecule is C[C@]12CC/C(=N\NC(=O)c3ccncc3)C=C1CC[C@@H]1[C@H]2CC[C@]2(C)/C(=N/NC(=O)c3ccncc3)CC[C@H]12. The third-order valence-corrected chi connectivity index (χ3v) is 10.2. The molecule has 6 rings (SSSR count). The van der Waals surface area contributed by atoms with E-state index in [1.807, 2.05) is 0 Å². The molecular formula is C31H36N6O2. The molecule has 39 heavy (non-hydrogen) atoms. The van der Waals surface area contributed by atoms with Crippen LogP contribution in [0, 0.1) is 28.6 Å². The van der Waals surface area contributed by atoms with Crippen molar-refractivity contribution in [3.63, 3.8) is 0 Å². The van der Waals surface area contributed by atoms with E-state index in [0.717, 1.165) is 49.9 Å². The minimum Gasteiger partial charge on any atom is -0.267 e. The van der Waals surface area contributed by atoms with Crippen LogP contribution >= 0.6 is 0 Å². The number of hydrogen-bond donors (Lipinski definition) is 2. The van der Waals surface area contributed by atoms with Crippen LogP contribution in [0.3, 0.4) is 0 Å². The summed E-state index contributed by atoms with van der Waals surface area (Å²) in [4.78, 5) is 33.0. The molecule has 0 aromatic carbocycles. The van der Waals surface area contributed by atoms with Crippen molar-refractivity contribution >= 4 is 23.2 Å². The number of nitrogens with one attached hydrogen (secondary N) is 2. The molecule has 202 valence electrons.